The molecular formula is C9H8N2O7S. The van der Waals surface area contributed by atoms with Crippen molar-refractivity contribution in [1.82, 2.24) is 4.90 Å². The predicted octanol–water partition coefficient (Wildman–Crippen LogP) is 0.268. The Bertz CT molecular complexity index is 522. The van der Waals surface area contributed by atoms with Crippen molar-refractivity contribution >= 4 is 34.2 Å². The molecule has 0 aliphatic rings. The fraction of sp³-hybridized carbons (Fsp3) is 0.222. The van der Waals surface area contributed by atoms with Crippen molar-refractivity contribution in [3.8, 4) is 0 Å². The van der Waals surface area contributed by atoms with E-state index in [1.165, 1.54) is 0 Å². The Hall–Kier alpha value is -2.49. The zero-order valence-corrected chi connectivity index (χ0v) is 10.1. The van der Waals surface area contributed by atoms with Crippen molar-refractivity contribution < 1.29 is 29.5 Å². The van der Waals surface area contributed by atoms with Crippen LogP contribution in [0.3, 0.4) is 0 Å². The zero-order chi connectivity index (χ0) is 14.6. The van der Waals surface area contributed by atoms with Crippen LogP contribution >= 0.6 is 11.3 Å². The second-order valence-corrected chi connectivity index (χ2v) is 4.41. The molecule has 0 saturated heterocycles. The molecular weight excluding hydrogens is 280 g/mol. The monoisotopic (exact) mass is 288 g/mol. The van der Waals surface area contributed by atoms with Gasteiger partial charge in [0, 0.05) is 6.07 Å². The molecule has 0 fully saturated rings. The van der Waals surface area contributed by atoms with E-state index in [-0.39, 0.29) is 9.88 Å². The number of nitro groups is 1. The minimum absolute atomic E-state index is 0.0887. The van der Waals surface area contributed by atoms with Crippen LogP contribution in [0.15, 0.2) is 12.1 Å². The molecule has 0 aromatic carbocycles. The van der Waals surface area contributed by atoms with E-state index in [1.54, 1.807) is 0 Å². The van der Waals surface area contributed by atoms with Crippen LogP contribution in [-0.4, -0.2) is 51.0 Å². The minimum atomic E-state index is -1.37. The number of hydrogen-bond acceptors (Lipinski definition) is 6. The lowest BCUT2D eigenvalue weighted by Crippen LogP contribution is -2.39. The highest BCUT2D eigenvalue weighted by Crippen LogP contribution is 2.24. The van der Waals surface area contributed by atoms with E-state index in [2.05, 4.69) is 0 Å². The first-order chi connectivity index (χ1) is 8.81. The number of carbonyl (C=O) groups excluding carboxylic acids is 1. The fourth-order valence-electron chi connectivity index (χ4n) is 1.22. The van der Waals surface area contributed by atoms with E-state index in [4.69, 9.17) is 10.2 Å². The fourth-order valence-corrected chi connectivity index (χ4v) is 2.01. The molecule has 0 bridgehead atoms. The minimum Gasteiger partial charge on any atom is -0.480 e. The van der Waals surface area contributed by atoms with Gasteiger partial charge in [-0.15, -0.1) is 0 Å². The Morgan fingerprint density at radius 3 is 2.11 bits per heavy atom. The van der Waals surface area contributed by atoms with Crippen molar-refractivity contribution in [2.75, 3.05) is 13.1 Å². The molecule has 0 spiro atoms. The van der Waals surface area contributed by atoms with Gasteiger partial charge < -0.3 is 15.1 Å². The van der Waals surface area contributed by atoms with Gasteiger partial charge in [0.2, 0.25) is 0 Å². The van der Waals surface area contributed by atoms with Gasteiger partial charge in [-0.3, -0.25) is 24.5 Å². The Balaban J connectivity index is 2.93. The summed E-state index contributed by atoms with van der Waals surface area (Å²) in [6, 6.07) is 2.25. The average Bonchev–Trinajstić information content (AvgIpc) is 2.75. The Morgan fingerprint density at radius 1 is 1.21 bits per heavy atom. The van der Waals surface area contributed by atoms with Gasteiger partial charge in [-0.25, -0.2) is 0 Å². The van der Waals surface area contributed by atoms with Gasteiger partial charge in [0.25, 0.3) is 5.91 Å². The number of rotatable bonds is 6. The Morgan fingerprint density at radius 2 is 1.74 bits per heavy atom. The topological polar surface area (TPSA) is 138 Å². The largest absolute Gasteiger partial charge is 0.480 e. The Kier molecular flexibility index (Phi) is 4.53. The summed E-state index contributed by atoms with van der Waals surface area (Å²) in [5, 5.41) is 27.4. The second kappa shape index (κ2) is 5.91. The molecule has 10 heteroatoms. The van der Waals surface area contributed by atoms with Crippen molar-refractivity contribution in [2.24, 2.45) is 0 Å². The number of amides is 1. The molecule has 9 nitrogen and oxygen atoms in total. The molecule has 0 aliphatic heterocycles. The summed E-state index contributed by atoms with van der Waals surface area (Å²) in [5.41, 5.74) is 0. The molecule has 1 amide bonds. The first kappa shape index (κ1) is 14.6. The summed E-state index contributed by atoms with van der Waals surface area (Å²) >= 11 is 0.555. The highest BCUT2D eigenvalue weighted by Gasteiger charge is 2.24. The summed E-state index contributed by atoms with van der Waals surface area (Å²) in [6.45, 7) is -1.59. The first-order valence-corrected chi connectivity index (χ1v) is 5.60. The summed E-state index contributed by atoms with van der Waals surface area (Å²) < 4.78 is 0. The van der Waals surface area contributed by atoms with E-state index in [0.717, 1.165) is 12.1 Å². The molecule has 0 atom stereocenters. The SMILES string of the molecule is O=C(O)CN(CC(=O)O)C(=O)c1ccc([N+](=O)[O-])s1. The lowest BCUT2D eigenvalue weighted by molar-refractivity contribution is -0.380. The molecule has 102 valence electrons. The predicted molar refractivity (Wildman–Crippen MR) is 62.1 cm³/mol. The van der Waals surface area contributed by atoms with Crippen LogP contribution in [0.25, 0.3) is 0 Å². The van der Waals surface area contributed by atoms with Crippen molar-refractivity contribution in [3.05, 3.63) is 27.1 Å². The molecule has 0 saturated carbocycles. The van der Waals surface area contributed by atoms with Crippen LogP contribution in [0, 0.1) is 10.1 Å². The van der Waals surface area contributed by atoms with E-state index < -0.39 is 35.9 Å². The normalized spacial score (nSPS) is 9.89. The zero-order valence-electron chi connectivity index (χ0n) is 9.31. The molecule has 1 heterocycles. The van der Waals surface area contributed by atoms with Crippen molar-refractivity contribution in [3.63, 3.8) is 0 Å². The molecule has 1 aromatic rings. The van der Waals surface area contributed by atoms with Crippen LogP contribution in [0.1, 0.15) is 9.67 Å². The van der Waals surface area contributed by atoms with Gasteiger partial charge in [-0.1, -0.05) is 11.3 Å². The number of nitrogens with zero attached hydrogens (tertiary/aromatic N) is 2. The third kappa shape index (κ3) is 4.03. The highest BCUT2D eigenvalue weighted by atomic mass is 32.1. The molecule has 2 N–H and O–H groups in total. The summed E-state index contributed by atoms with van der Waals surface area (Å²) in [6.07, 6.45) is 0. The van der Waals surface area contributed by atoms with Crippen LogP contribution in [-0.2, 0) is 9.59 Å². The average molecular weight is 288 g/mol. The van der Waals surface area contributed by atoms with Gasteiger partial charge in [-0.2, -0.15) is 0 Å². The van der Waals surface area contributed by atoms with Crippen LogP contribution in [0.2, 0.25) is 0 Å². The van der Waals surface area contributed by atoms with E-state index in [0.29, 0.717) is 16.2 Å². The van der Waals surface area contributed by atoms with Crippen molar-refractivity contribution in [1.29, 1.82) is 0 Å². The maximum atomic E-state index is 11.8. The number of aliphatic carboxylic acids is 2. The summed E-state index contributed by atoms with van der Waals surface area (Å²) in [5.74, 6) is -3.62. The molecule has 1 aromatic heterocycles. The Labute approximate surface area is 109 Å². The summed E-state index contributed by atoms with van der Waals surface area (Å²) in [7, 11) is 0. The maximum Gasteiger partial charge on any atom is 0.324 e. The van der Waals surface area contributed by atoms with Gasteiger partial charge >= 0.3 is 16.9 Å². The highest BCUT2D eigenvalue weighted by molar-refractivity contribution is 7.17. The number of hydrogen-bond donors (Lipinski definition) is 2. The molecule has 0 unspecified atom stereocenters. The number of carbonyl (C=O) groups is 3. The standard InChI is InChI=1S/C9H8N2O7S/c12-7(13)3-10(4-8(14)15)9(16)5-1-2-6(19-5)11(17)18/h1-2H,3-4H2,(H,12,13)(H,14,15). The van der Waals surface area contributed by atoms with Crippen LogP contribution in [0.5, 0.6) is 0 Å². The lowest BCUT2D eigenvalue weighted by Gasteiger charge is -2.17. The number of carboxylic acids is 2. The first-order valence-electron chi connectivity index (χ1n) is 4.78. The number of thiophene rings is 1. The van der Waals surface area contributed by atoms with E-state index >= 15 is 0 Å². The molecule has 1 rings (SSSR count). The van der Waals surface area contributed by atoms with Gasteiger partial charge in [0.1, 0.15) is 13.1 Å². The second-order valence-electron chi connectivity index (χ2n) is 3.34. The smallest absolute Gasteiger partial charge is 0.324 e. The van der Waals surface area contributed by atoms with Gasteiger partial charge in [0.15, 0.2) is 0 Å². The van der Waals surface area contributed by atoms with E-state index in [1.807, 2.05) is 0 Å². The lowest BCUT2D eigenvalue weighted by atomic mass is 10.3. The van der Waals surface area contributed by atoms with Crippen LogP contribution in [0.4, 0.5) is 5.00 Å². The van der Waals surface area contributed by atoms with Gasteiger partial charge in [0.05, 0.1) is 9.80 Å². The maximum absolute atomic E-state index is 11.8. The quantitative estimate of drug-likeness (QED) is 0.565. The summed E-state index contributed by atoms with van der Waals surface area (Å²) in [4.78, 5) is 43.2. The molecule has 0 aliphatic carbocycles. The molecule has 0 radical (unpaired) electrons. The number of carboxylic acid groups (broad SMARTS) is 2. The van der Waals surface area contributed by atoms with Crippen molar-refractivity contribution in [2.45, 2.75) is 0 Å². The van der Waals surface area contributed by atoms with E-state index in [9.17, 15) is 24.5 Å². The third-order valence-corrected chi connectivity index (χ3v) is 2.95. The van der Waals surface area contributed by atoms with Gasteiger partial charge in [-0.05, 0) is 6.07 Å². The molecule has 19 heavy (non-hydrogen) atoms. The third-order valence-electron chi connectivity index (χ3n) is 1.92. The van der Waals surface area contributed by atoms with Crippen LogP contribution < -0.4 is 0 Å².